The van der Waals surface area contributed by atoms with E-state index in [1.165, 1.54) is 6.07 Å². The zero-order valence-corrected chi connectivity index (χ0v) is 8.85. The third-order valence-corrected chi connectivity index (χ3v) is 2.28. The maximum Gasteiger partial charge on any atom is 0.165 e. The predicted octanol–water partition coefficient (Wildman–Crippen LogP) is 1.72. The summed E-state index contributed by atoms with van der Waals surface area (Å²) in [6.45, 7) is 0.209. The molecule has 0 unspecified atom stereocenters. The van der Waals surface area contributed by atoms with Gasteiger partial charge in [-0.3, -0.25) is 4.68 Å². The number of ether oxygens (including phenoxy) is 1. The van der Waals surface area contributed by atoms with E-state index in [0.29, 0.717) is 5.82 Å². The number of nitrogens with two attached hydrogens (primary N) is 1. The second-order valence-electron chi connectivity index (χ2n) is 3.40. The summed E-state index contributed by atoms with van der Waals surface area (Å²) in [6, 6.07) is 6.25. The third kappa shape index (κ3) is 1.98. The second-order valence-corrected chi connectivity index (χ2v) is 3.40. The van der Waals surface area contributed by atoms with Gasteiger partial charge in [0.05, 0.1) is 11.8 Å². The van der Waals surface area contributed by atoms with Gasteiger partial charge < -0.3 is 10.5 Å². The summed E-state index contributed by atoms with van der Waals surface area (Å²) in [5.41, 5.74) is 6.47. The number of aryl methyl sites for hydroxylation is 1. The molecule has 0 bridgehead atoms. The van der Waals surface area contributed by atoms with Crippen LogP contribution in [0.15, 0.2) is 30.5 Å². The Morgan fingerprint density at radius 3 is 2.81 bits per heavy atom. The maximum absolute atomic E-state index is 13.2. The Morgan fingerprint density at radius 2 is 2.19 bits per heavy atom. The number of aromatic nitrogens is 2. The van der Waals surface area contributed by atoms with Gasteiger partial charge in [-0.2, -0.15) is 5.10 Å². The maximum atomic E-state index is 13.2. The van der Waals surface area contributed by atoms with Gasteiger partial charge in [-0.1, -0.05) is 12.1 Å². The average Bonchev–Trinajstić information content (AvgIpc) is 2.59. The normalized spacial score (nSPS) is 10.4. The molecule has 0 spiro atoms. The standard InChI is InChI=1S/C11H12FN3O/c1-15-11(13)8(6-14-15)7-16-10-5-3-2-4-9(10)12/h2-6H,7,13H2,1H3. The molecule has 1 aromatic heterocycles. The minimum atomic E-state index is -0.384. The Labute approximate surface area is 92.4 Å². The lowest BCUT2D eigenvalue weighted by atomic mass is 10.3. The first-order valence-corrected chi connectivity index (χ1v) is 4.82. The summed E-state index contributed by atoms with van der Waals surface area (Å²) in [5, 5.41) is 3.97. The molecule has 0 saturated carbocycles. The molecule has 0 atom stereocenters. The van der Waals surface area contributed by atoms with Crippen LogP contribution in [0.2, 0.25) is 0 Å². The highest BCUT2D eigenvalue weighted by Crippen LogP contribution is 2.18. The molecule has 16 heavy (non-hydrogen) atoms. The van der Waals surface area contributed by atoms with Crippen molar-refractivity contribution >= 4 is 5.82 Å². The van der Waals surface area contributed by atoms with E-state index in [-0.39, 0.29) is 18.2 Å². The summed E-state index contributed by atoms with van der Waals surface area (Å²) in [4.78, 5) is 0. The first kappa shape index (κ1) is 10.5. The number of halogens is 1. The minimum absolute atomic E-state index is 0.209. The minimum Gasteiger partial charge on any atom is -0.486 e. The summed E-state index contributed by atoms with van der Waals surface area (Å²) < 4.78 is 20.1. The number of hydrogen-bond acceptors (Lipinski definition) is 3. The first-order valence-electron chi connectivity index (χ1n) is 4.82. The molecule has 0 aliphatic rings. The lowest BCUT2D eigenvalue weighted by Crippen LogP contribution is -2.02. The molecule has 2 N–H and O–H groups in total. The Morgan fingerprint density at radius 1 is 1.44 bits per heavy atom. The van der Waals surface area contributed by atoms with Crippen molar-refractivity contribution in [2.75, 3.05) is 5.73 Å². The second kappa shape index (κ2) is 4.22. The first-order chi connectivity index (χ1) is 7.68. The molecule has 0 aliphatic heterocycles. The molecule has 0 fully saturated rings. The number of nitrogens with zero attached hydrogens (tertiary/aromatic N) is 2. The SMILES string of the molecule is Cn1ncc(COc2ccccc2F)c1N. The number of rotatable bonds is 3. The molecular formula is C11H12FN3O. The summed E-state index contributed by atoms with van der Waals surface area (Å²) in [5.74, 6) is 0.354. The van der Waals surface area contributed by atoms with E-state index in [1.807, 2.05) is 0 Å². The van der Waals surface area contributed by atoms with E-state index in [9.17, 15) is 4.39 Å². The Bertz CT molecular complexity index is 496. The van der Waals surface area contributed by atoms with Crippen molar-refractivity contribution in [3.8, 4) is 5.75 Å². The van der Waals surface area contributed by atoms with Gasteiger partial charge in [0.25, 0.3) is 0 Å². The van der Waals surface area contributed by atoms with Crippen LogP contribution >= 0.6 is 0 Å². The van der Waals surface area contributed by atoms with Crippen molar-refractivity contribution in [1.29, 1.82) is 0 Å². The largest absolute Gasteiger partial charge is 0.486 e. The lowest BCUT2D eigenvalue weighted by molar-refractivity contribution is 0.291. The van der Waals surface area contributed by atoms with Crippen LogP contribution in [-0.4, -0.2) is 9.78 Å². The summed E-state index contributed by atoms with van der Waals surface area (Å²) >= 11 is 0. The van der Waals surface area contributed by atoms with Gasteiger partial charge in [-0.25, -0.2) is 4.39 Å². The van der Waals surface area contributed by atoms with Crippen LogP contribution in [-0.2, 0) is 13.7 Å². The number of hydrogen-bond donors (Lipinski definition) is 1. The third-order valence-electron chi connectivity index (χ3n) is 2.28. The van der Waals surface area contributed by atoms with Crippen molar-refractivity contribution in [1.82, 2.24) is 9.78 Å². The Hall–Kier alpha value is -2.04. The van der Waals surface area contributed by atoms with Gasteiger partial charge >= 0.3 is 0 Å². The molecule has 5 heteroatoms. The van der Waals surface area contributed by atoms with Crippen LogP contribution in [0.25, 0.3) is 0 Å². The smallest absolute Gasteiger partial charge is 0.165 e. The fourth-order valence-corrected chi connectivity index (χ4v) is 1.32. The van der Waals surface area contributed by atoms with Crippen LogP contribution in [0.5, 0.6) is 5.75 Å². The van der Waals surface area contributed by atoms with Crippen LogP contribution in [0.1, 0.15) is 5.56 Å². The van der Waals surface area contributed by atoms with Gasteiger partial charge in [0.1, 0.15) is 12.4 Å². The fraction of sp³-hybridized carbons (Fsp3) is 0.182. The predicted molar refractivity (Wildman–Crippen MR) is 58.4 cm³/mol. The van der Waals surface area contributed by atoms with Crippen molar-refractivity contribution < 1.29 is 9.13 Å². The average molecular weight is 221 g/mol. The highest BCUT2D eigenvalue weighted by molar-refractivity contribution is 5.38. The van der Waals surface area contributed by atoms with E-state index in [4.69, 9.17) is 10.5 Å². The summed E-state index contributed by atoms with van der Waals surface area (Å²) in [7, 11) is 1.74. The van der Waals surface area contributed by atoms with Gasteiger partial charge in [0.2, 0.25) is 0 Å². The van der Waals surface area contributed by atoms with Gasteiger partial charge in [0, 0.05) is 7.05 Å². The van der Waals surface area contributed by atoms with Gasteiger partial charge in [0.15, 0.2) is 11.6 Å². The van der Waals surface area contributed by atoms with Gasteiger partial charge in [-0.15, -0.1) is 0 Å². The molecule has 0 aliphatic carbocycles. The van der Waals surface area contributed by atoms with Crippen molar-refractivity contribution in [2.24, 2.45) is 7.05 Å². The molecule has 0 saturated heterocycles. The van der Waals surface area contributed by atoms with Gasteiger partial charge in [-0.05, 0) is 12.1 Å². The zero-order valence-electron chi connectivity index (χ0n) is 8.85. The Balaban J connectivity index is 2.08. The van der Waals surface area contributed by atoms with E-state index in [2.05, 4.69) is 5.10 Å². The lowest BCUT2D eigenvalue weighted by Gasteiger charge is -2.06. The zero-order chi connectivity index (χ0) is 11.5. The van der Waals surface area contributed by atoms with Crippen molar-refractivity contribution in [3.63, 3.8) is 0 Å². The Kier molecular flexibility index (Phi) is 2.76. The highest BCUT2D eigenvalue weighted by Gasteiger charge is 2.07. The van der Waals surface area contributed by atoms with Crippen molar-refractivity contribution in [2.45, 2.75) is 6.61 Å². The molecule has 0 amide bonds. The number of benzene rings is 1. The topological polar surface area (TPSA) is 53.1 Å². The number of nitrogen functional groups attached to an aromatic ring is 1. The van der Waals surface area contributed by atoms with E-state index in [1.54, 1.807) is 36.1 Å². The van der Waals surface area contributed by atoms with E-state index in [0.717, 1.165) is 5.56 Å². The quantitative estimate of drug-likeness (QED) is 0.858. The van der Waals surface area contributed by atoms with Crippen LogP contribution in [0.4, 0.5) is 10.2 Å². The highest BCUT2D eigenvalue weighted by atomic mass is 19.1. The van der Waals surface area contributed by atoms with E-state index < -0.39 is 0 Å². The number of para-hydroxylation sites is 1. The molecule has 2 aromatic rings. The van der Waals surface area contributed by atoms with Crippen LogP contribution < -0.4 is 10.5 Å². The number of anilines is 1. The van der Waals surface area contributed by atoms with E-state index >= 15 is 0 Å². The monoisotopic (exact) mass is 221 g/mol. The molecule has 0 radical (unpaired) electrons. The van der Waals surface area contributed by atoms with Crippen molar-refractivity contribution in [3.05, 3.63) is 41.8 Å². The molecule has 1 aromatic carbocycles. The molecular weight excluding hydrogens is 209 g/mol. The summed E-state index contributed by atoms with van der Waals surface area (Å²) in [6.07, 6.45) is 1.61. The fourth-order valence-electron chi connectivity index (χ4n) is 1.32. The molecule has 1 heterocycles. The van der Waals surface area contributed by atoms with Crippen LogP contribution in [0, 0.1) is 5.82 Å². The molecule has 84 valence electrons. The van der Waals surface area contributed by atoms with Crippen LogP contribution in [0.3, 0.4) is 0 Å². The molecule has 2 rings (SSSR count). The molecule has 4 nitrogen and oxygen atoms in total.